The molecule has 16 heavy (non-hydrogen) atoms. The molecular weight excluding hydrogens is 196 g/mol. The van der Waals surface area contributed by atoms with Crippen molar-refractivity contribution >= 4 is 11.4 Å². The van der Waals surface area contributed by atoms with Gasteiger partial charge in [0.15, 0.2) is 0 Å². The summed E-state index contributed by atoms with van der Waals surface area (Å²) >= 11 is 0. The zero-order valence-corrected chi connectivity index (χ0v) is 10.4. The number of rotatable bonds is 3. The average molecular weight is 218 g/mol. The Labute approximate surface area is 98.4 Å². The van der Waals surface area contributed by atoms with Gasteiger partial charge in [-0.2, -0.15) is 0 Å². The van der Waals surface area contributed by atoms with Crippen LogP contribution in [0.3, 0.4) is 0 Å². The van der Waals surface area contributed by atoms with Crippen LogP contribution < -0.4 is 10.6 Å². The van der Waals surface area contributed by atoms with E-state index in [4.69, 9.17) is 5.73 Å². The molecular formula is C14H22N2. The molecule has 0 fully saturated rings. The highest BCUT2D eigenvalue weighted by Gasteiger charge is 2.18. The minimum Gasteiger partial charge on any atom is -0.399 e. The number of fused-ring (bicyclic) bond motifs is 1. The van der Waals surface area contributed by atoms with Gasteiger partial charge in [0.2, 0.25) is 0 Å². The summed E-state index contributed by atoms with van der Waals surface area (Å²) in [4.78, 5) is 2.50. The first-order chi connectivity index (χ1) is 7.70. The Hall–Kier alpha value is -1.18. The highest BCUT2D eigenvalue weighted by atomic mass is 15.1. The molecule has 0 amide bonds. The van der Waals surface area contributed by atoms with Gasteiger partial charge in [-0.3, -0.25) is 0 Å². The van der Waals surface area contributed by atoms with Crippen molar-refractivity contribution in [3.63, 3.8) is 0 Å². The summed E-state index contributed by atoms with van der Waals surface area (Å²) in [6.07, 6.45) is 3.72. The van der Waals surface area contributed by atoms with E-state index in [0.717, 1.165) is 18.2 Å². The SMILES string of the molecule is CCC(C)CN1CCCc2ccc(N)cc21. The zero-order valence-electron chi connectivity index (χ0n) is 10.4. The molecule has 0 bridgehead atoms. The second-order valence-corrected chi connectivity index (χ2v) is 4.95. The number of aryl methyl sites for hydroxylation is 1. The van der Waals surface area contributed by atoms with Crippen LogP contribution in [-0.2, 0) is 6.42 Å². The molecule has 0 saturated heterocycles. The van der Waals surface area contributed by atoms with Gasteiger partial charge < -0.3 is 10.6 Å². The number of nitrogens with zero attached hydrogens (tertiary/aromatic N) is 1. The molecule has 1 aromatic rings. The average Bonchev–Trinajstić information content (AvgIpc) is 2.29. The minimum absolute atomic E-state index is 0.757. The van der Waals surface area contributed by atoms with Crippen LogP contribution in [-0.4, -0.2) is 13.1 Å². The van der Waals surface area contributed by atoms with Gasteiger partial charge in [-0.25, -0.2) is 0 Å². The number of hydrogen-bond acceptors (Lipinski definition) is 2. The van der Waals surface area contributed by atoms with Gasteiger partial charge in [0.1, 0.15) is 0 Å². The van der Waals surface area contributed by atoms with E-state index in [2.05, 4.69) is 30.9 Å². The van der Waals surface area contributed by atoms with Gasteiger partial charge >= 0.3 is 0 Å². The van der Waals surface area contributed by atoms with Crippen molar-refractivity contribution in [3.05, 3.63) is 23.8 Å². The van der Waals surface area contributed by atoms with E-state index in [1.807, 2.05) is 6.07 Å². The summed E-state index contributed by atoms with van der Waals surface area (Å²) in [5, 5.41) is 0. The van der Waals surface area contributed by atoms with Gasteiger partial charge in [0.05, 0.1) is 0 Å². The maximum Gasteiger partial charge on any atom is 0.0419 e. The molecule has 1 heterocycles. The minimum atomic E-state index is 0.757. The van der Waals surface area contributed by atoms with Crippen LogP contribution in [0.5, 0.6) is 0 Å². The molecule has 1 unspecified atom stereocenters. The summed E-state index contributed by atoms with van der Waals surface area (Å²) in [5.41, 5.74) is 9.59. The first kappa shape index (κ1) is 11.3. The third-order valence-electron chi connectivity index (χ3n) is 3.55. The molecule has 0 saturated carbocycles. The van der Waals surface area contributed by atoms with Crippen LogP contribution in [0.15, 0.2) is 18.2 Å². The van der Waals surface area contributed by atoms with Crippen molar-refractivity contribution in [1.29, 1.82) is 0 Å². The highest BCUT2D eigenvalue weighted by Crippen LogP contribution is 2.29. The largest absolute Gasteiger partial charge is 0.399 e. The molecule has 1 aliphatic rings. The Morgan fingerprint density at radius 1 is 1.44 bits per heavy atom. The predicted molar refractivity (Wildman–Crippen MR) is 70.8 cm³/mol. The predicted octanol–water partition coefficient (Wildman–Crippen LogP) is 3.07. The van der Waals surface area contributed by atoms with Crippen LogP contribution in [0.25, 0.3) is 0 Å². The number of nitrogens with two attached hydrogens (primary N) is 1. The molecule has 1 aliphatic heterocycles. The fourth-order valence-electron chi connectivity index (χ4n) is 2.36. The molecule has 2 heteroatoms. The summed E-state index contributed by atoms with van der Waals surface area (Å²) in [7, 11) is 0. The third kappa shape index (κ3) is 2.31. The maximum absolute atomic E-state index is 5.88. The maximum atomic E-state index is 5.88. The lowest BCUT2D eigenvalue weighted by Gasteiger charge is -2.33. The molecule has 0 aromatic heterocycles. The van der Waals surface area contributed by atoms with Crippen molar-refractivity contribution in [2.24, 2.45) is 5.92 Å². The Bertz CT molecular complexity index is 360. The molecule has 88 valence electrons. The normalized spacial score (nSPS) is 17.0. The standard InChI is InChI=1S/C14H22N2/c1-3-11(2)10-16-8-4-5-12-6-7-13(15)9-14(12)16/h6-7,9,11H,3-5,8,10,15H2,1-2H3. The van der Waals surface area contributed by atoms with Crippen LogP contribution in [0.2, 0.25) is 0 Å². The summed E-state index contributed by atoms with van der Waals surface area (Å²) in [5.74, 6) is 0.757. The van der Waals surface area contributed by atoms with Crippen LogP contribution in [0.1, 0.15) is 32.3 Å². The van der Waals surface area contributed by atoms with Crippen molar-refractivity contribution in [3.8, 4) is 0 Å². The summed E-state index contributed by atoms with van der Waals surface area (Å²) in [6.45, 7) is 6.92. The summed E-state index contributed by atoms with van der Waals surface area (Å²) < 4.78 is 0. The second kappa shape index (κ2) is 4.77. The molecule has 0 spiro atoms. The van der Waals surface area contributed by atoms with Gasteiger partial charge in [0.25, 0.3) is 0 Å². The number of nitrogen functional groups attached to an aromatic ring is 1. The molecule has 2 nitrogen and oxygen atoms in total. The Morgan fingerprint density at radius 2 is 2.25 bits per heavy atom. The molecule has 1 atom stereocenters. The van der Waals surface area contributed by atoms with Crippen LogP contribution >= 0.6 is 0 Å². The second-order valence-electron chi connectivity index (χ2n) is 4.95. The van der Waals surface area contributed by atoms with E-state index in [1.165, 1.54) is 37.1 Å². The van der Waals surface area contributed by atoms with Crippen molar-refractivity contribution in [2.45, 2.75) is 33.1 Å². The zero-order chi connectivity index (χ0) is 11.5. The fourth-order valence-corrected chi connectivity index (χ4v) is 2.36. The Balaban J connectivity index is 2.21. The monoisotopic (exact) mass is 218 g/mol. The number of anilines is 2. The molecule has 0 aliphatic carbocycles. The van der Waals surface area contributed by atoms with E-state index >= 15 is 0 Å². The van der Waals surface area contributed by atoms with Gasteiger partial charge in [-0.15, -0.1) is 0 Å². The van der Waals surface area contributed by atoms with Gasteiger partial charge in [0, 0.05) is 24.5 Å². The molecule has 1 aromatic carbocycles. The topological polar surface area (TPSA) is 29.3 Å². The first-order valence-corrected chi connectivity index (χ1v) is 6.34. The molecule has 0 radical (unpaired) electrons. The number of benzene rings is 1. The fraction of sp³-hybridized carbons (Fsp3) is 0.571. The first-order valence-electron chi connectivity index (χ1n) is 6.34. The van der Waals surface area contributed by atoms with Gasteiger partial charge in [-0.1, -0.05) is 26.3 Å². The smallest absolute Gasteiger partial charge is 0.0419 e. The van der Waals surface area contributed by atoms with Crippen molar-refractivity contribution < 1.29 is 0 Å². The molecule has 2 N–H and O–H groups in total. The van der Waals surface area contributed by atoms with Crippen molar-refractivity contribution in [1.82, 2.24) is 0 Å². The Kier molecular flexibility index (Phi) is 3.37. The lowest BCUT2D eigenvalue weighted by atomic mass is 9.99. The van der Waals surface area contributed by atoms with E-state index in [1.54, 1.807) is 0 Å². The Morgan fingerprint density at radius 3 is 3.00 bits per heavy atom. The van der Waals surface area contributed by atoms with Crippen molar-refractivity contribution in [2.75, 3.05) is 23.7 Å². The van der Waals surface area contributed by atoms with E-state index < -0.39 is 0 Å². The quantitative estimate of drug-likeness (QED) is 0.790. The highest BCUT2D eigenvalue weighted by molar-refractivity contribution is 5.62. The van der Waals surface area contributed by atoms with Gasteiger partial charge in [-0.05, 0) is 36.5 Å². The number of hydrogen-bond donors (Lipinski definition) is 1. The van der Waals surface area contributed by atoms with E-state index in [0.29, 0.717) is 0 Å². The van der Waals surface area contributed by atoms with E-state index in [9.17, 15) is 0 Å². The van der Waals surface area contributed by atoms with Crippen LogP contribution in [0, 0.1) is 5.92 Å². The van der Waals surface area contributed by atoms with E-state index in [-0.39, 0.29) is 0 Å². The molecule has 2 rings (SSSR count). The van der Waals surface area contributed by atoms with Crippen LogP contribution in [0.4, 0.5) is 11.4 Å². The summed E-state index contributed by atoms with van der Waals surface area (Å²) in [6, 6.07) is 6.34. The lowest BCUT2D eigenvalue weighted by Crippen LogP contribution is -2.33. The third-order valence-corrected chi connectivity index (χ3v) is 3.55. The lowest BCUT2D eigenvalue weighted by molar-refractivity contribution is 0.530.